The van der Waals surface area contributed by atoms with Crippen molar-refractivity contribution >= 4 is 18.0 Å². The number of ether oxygens (including phenoxy) is 2. The highest BCUT2D eigenvalue weighted by Crippen LogP contribution is 2.44. The van der Waals surface area contributed by atoms with Gasteiger partial charge in [-0.1, -0.05) is 48.5 Å². The van der Waals surface area contributed by atoms with Crippen molar-refractivity contribution < 1.29 is 29.0 Å². The molecule has 0 unspecified atom stereocenters. The van der Waals surface area contributed by atoms with Crippen LogP contribution in [0.25, 0.3) is 11.1 Å². The number of carbonyl (C=O) groups is 3. The maximum atomic E-state index is 12.2. The predicted octanol–water partition coefficient (Wildman–Crippen LogP) is 2.93. The molecule has 3 rings (SSSR count). The molecular weight excluding hydrogens is 362 g/mol. The summed E-state index contributed by atoms with van der Waals surface area (Å²) in [6.45, 7) is 0.104. The van der Waals surface area contributed by atoms with Gasteiger partial charge in [-0.25, -0.2) is 9.59 Å². The summed E-state index contributed by atoms with van der Waals surface area (Å²) < 4.78 is 9.98. The maximum Gasteiger partial charge on any atom is 0.407 e. The number of amides is 1. The van der Waals surface area contributed by atoms with Crippen LogP contribution in [0.3, 0.4) is 0 Å². The lowest BCUT2D eigenvalue weighted by Gasteiger charge is -2.18. The minimum atomic E-state index is -1.07. The fraction of sp³-hybridized carbons (Fsp3) is 0.286. The number of rotatable bonds is 7. The number of hydrogen-bond donors (Lipinski definition) is 2. The Kier molecular flexibility index (Phi) is 5.93. The average Bonchev–Trinajstić information content (AvgIpc) is 3.02. The van der Waals surface area contributed by atoms with Crippen LogP contribution in [-0.2, 0) is 19.1 Å². The molecule has 2 N–H and O–H groups in total. The third-order valence-electron chi connectivity index (χ3n) is 4.77. The van der Waals surface area contributed by atoms with Crippen molar-refractivity contribution in [2.45, 2.75) is 24.8 Å². The SMILES string of the molecule is COC(=O)[C@@H](CCC(=O)O)NC(=O)OCC1c2ccccc2-c2ccccc21. The first-order valence-electron chi connectivity index (χ1n) is 8.92. The Bertz CT molecular complexity index is 848. The number of hydrogen-bond acceptors (Lipinski definition) is 5. The van der Waals surface area contributed by atoms with Crippen molar-refractivity contribution in [2.75, 3.05) is 13.7 Å². The van der Waals surface area contributed by atoms with Gasteiger partial charge in [-0.05, 0) is 28.7 Å². The second-order valence-corrected chi connectivity index (χ2v) is 6.48. The van der Waals surface area contributed by atoms with Gasteiger partial charge in [-0.2, -0.15) is 0 Å². The lowest BCUT2D eigenvalue weighted by molar-refractivity contribution is -0.143. The third kappa shape index (κ3) is 4.14. The molecule has 0 fully saturated rings. The second kappa shape index (κ2) is 8.56. The van der Waals surface area contributed by atoms with Gasteiger partial charge in [0.2, 0.25) is 0 Å². The highest BCUT2D eigenvalue weighted by atomic mass is 16.6. The Labute approximate surface area is 162 Å². The molecule has 1 atom stereocenters. The van der Waals surface area contributed by atoms with E-state index < -0.39 is 24.1 Å². The van der Waals surface area contributed by atoms with Crippen LogP contribution in [0.5, 0.6) is 0 Å². The van der Waals surface area contributed by atoms with Crippen LogP contribution in [0, 0.1) is 0 Å². The average molecular weight is 383 g/mol. The van der Waals surface area contributed by atoms with Crippen LogP contribution in [-0.4, -0.2) is 42.9 Å². The van der Waals surface area contributed by atoms with Crippen LogP contribution >= 0.6 is 0 Å². The van der Waals surface area contributed by atoms with E-state index in [0.717, 1.165) is 22.3 Å². The number of alkyl carbamates (subject to hydrolysis) is 1. The lowest BCUT2D eigenvalue weighted by Crippen LogP contribution is -2.42. The molecule has 2 aromatic rings. The summed E-state index contributed by atoms with van der Waals surface area (Å²) in [5.41, 5.74) is 4.38. The van der Waals surface area contributed by atoms with Gasteiger partial charge in [0.05, 0.1) is 7.11 Å². The fourth-order valence-electron chi connectivity index (χ4n) is 3.44. The predicted molar refractivity (Wildman–Crippen MR) is 101 cm³/mol. The van der Waals surface area contributed by atoms with Crippen molar-refractivity contribution in [1.82, 2.24) is 5.32 Å². The van der Waals surface area contributed by atoms with Crippen molar-refractivity contribution in [2.24, 2.45) is 0 Å². The first-order chi connectivity index (χ1) is 13.5. The Hall–Kier alpha value is -3.35. The minimum Gasteiger partial charge on any atom is -0.481 e. The van der Waals surface area contributed by atoms with E-state index in [2.05, 4.69) is 10.1 Å². The fourth-order valence-corrected chi connectivity index (χ4v) is 3.44. The van der Waals surface area contributed by atoms with Gasteiger partial charge in [0.25, 0.3) is 0 Å². The van der Waals surface area contributed by atoms with Crippen molar-refractivity contribution in [3.8, 4) is 11.1 Å². The highest BCUT2D eigenvalue weighted by Gasteiger charge is 2.30. The van der Waals surface area contributed by atoms with Gasteiger partial charge in [-0.15, -0.1) is 0 Å². The number of aliphatic carboxylic acids is 1. The molecule has 1 aliphatic carbocycles. The zero-order valence-corrected chi connectivity index (χ0v) is 15.4. The number of carboxylic acid groups (broad SMARTS) is 1. The topological polar surface area (TPSA) is 102 Å². The first-order valence-corrected chi connectivity index (χ1v) is 8.92. The quantitative estimate of drug-likeness (QED) is 0.713. The molecule has 7 heteroatoms. The first kappa shape index (κ1) is 19.4. The molecular formula is C21H21NO6. The molecule has 2 aromatic carbocycles. The van der Waals surface area contributed by atoms with Gasteiger partial charge in [0.1, 0.15) is 12.6 Å². The molecule has 146 valence electrons. The summed E-state index contributed by atoms with van der Waals surface area (Å²) >= 11 is 0. The van der Waals surface area contributed by atoms with E-state index in [4.69, 9.17) is 9.84 Å². The molecule has 28 heavy (non-hydrogen) atoms. The van der Waals surface area contributed by atoms with Gasteiger partial charge < -0.3 is 19.9 Å². The van der Waals surface area contributed by atoms with Crippen LogP contribution in [0.4, 0.5) is 4.79 Å². The summed E-state index contributed by atoms with van der Waals surface area (Å²) in [7, 11) is 1.18. The van der Waals surface area contributed by atoms with Gasteiger partial charge in [0.15, 0.2) is 0 Å². The summed E-state index contributed by atoms with van der Waals surface area (Å²) in [5, 5.41) is 11.2. The molecule has 0 aliphatic heterocycles. The minimum absolute atomic E-state index is 0.0772. The van der Waals surface area contributed by atoms with E-state index in [-0.39, 0.29) is 25.4 Å². The number of carbonyl (C=O) groups excluding carboxylic acids is 2. The molecule has 0 bridgehead atoms. The Morgan fingerprint density at radius 3 is 2.14 bits per heavy atom. The normalized spacial score (nSPS) is 13.2. The summed E-state index contributed by atoms with van der Waals surface area (Å²) in [6.07, 6.45) is -1.14. The largest absolute Gasteiger partial charge is 0.481 e. The number of carboxylic acids is 1. The van der Waals surface area contributed by atoms with E-state index in [1.54, 1.807) is 0 Å². The molecule has 7 nitrogen and oxygen atoms in total. The van der Waals surface area contributed by atoms with E-state index in [1.807, 2.05) is 48.5 Å². The van der Waals surface area contributed by atoms with E-state index in [0.29, 0.717) is 0 Å². The van der Waals surface area contributed by atoms with E-state index >= 15 is 0 Å². The molecule has 1 amide bonds. The third-order valence-corrected chi connectivity index (χ3v) is 4.77. The molecule has 0 spiro atoms. The zero-order valence-electron chi connectivity index (χ0n) is 15.4. The molecule has 0 saturated heterocycles. The van der Waals surface area contributed by atoms with Crippen molar-refractivity contribution in [1.29, 1.82) is 0 Å². The van der Waals surface area contributed by atoms with E-state index in [9.17, 15) is 14.4 Å². The van der Waals surface area contributed by atoms with Crippen LogP contribution in [0.15, 0.2) is 48.5 Å². The second-order valence-electron chi connectivity index (χ2n) is 6.48. The lowest BCUT2D eigenvalue weighted by atomic mass is 9.98. The van der Waals surface area contributed by atoms with Crippen LogP contribution < -0.4 is 5.32 Å². The number of nitrogens with one attached hydrogen (secondary N) is 1. The van der Waals surface area contributed by atoms with Gasteiger partial charge in [0, 0.05) is 12.3 Å². The molecule has 0 aromatic heterocycles. The molecule has 0 heterocycles. The summed E-state index contributed by atoms with van der Waals surface area (Å²) in [5.74, 6) is -1.88. The number of methoxy groups -OCH3 is 1. The Morgan fingerprint density at radius 2 is 1.61 bits per heavy atom. The van der Waals surface area contributed by atoms with Crippen molar-refractivity contribution in [3.05, 3.63) is 59.7 Å². The van der Waals surface area contributed by atoms with Gasteiger partial charge in [-0.3, -0.25) is 4.79 Å². The standard InChI is InChI=1S/C21H21NO6/c1-27-20(25)18(10-11-19(23)24)22-21(26)28-12-17-15-8-4-2-6-13(15)14-7-3-5-9-16(14)17/h2-9,17-18H,10-12H2,1H3,(H,22,26)(H,23,24)/t18-/m1/s1. The van der Waals surface area contributed by atoms with Gasteiger partial charge >= 0.3 is 18.0 Å². The van der Waals surface area contributed by atoms with Crippen LogP contribution in [0.2, 0.25) is 0 Å². The maximum absolute atomic E-state index is 12.2. The molecule has 0 saturated carbocycles. The van der Waals surface area contributed by atoms with Crippen LogP contribution in [0.1, 0.15) is 29.9 Å². The number of esters is 1. The summed E-state index contributed by atoms with van der Waals surface area (Å²) in [6, 6.07) is 14.8. The monoisotopic (exact) mass is 383 g/mol. The number of fused-ring (bicyclic) bond motifs is 3. The molecule has 0 radical (unpaired) electrons. The van der Waals surface area contributed by atoms with E-state index in [1.165, 1.54) is 7.11 Å². The smallest absolute Gasteiger partial charge is 0.407 e. The van der Waals surface area contributed by atoms with Crippen molar-refractivity contribution in [3.63, 3.8) is 0 Å². The highest BCUT2D eigenvalue weighted by molar-refractivity contribution is 5.82. The Morgan fingerprint density at radius 1 is 1.04 bits per heavy atom. The Balaban J connectivity index is 1.67. The zero-order chi connectivity index (χ0) is 20.1. The molecule has 1 aliphatic rings. The summed E-state index contributed by atoms with van der Waals surface area (Å²) in [4.78, 5) is 34.7. The number of benzene rings is 2.